The van der Waals surface area contributed by atoms with Gasteiger partial charge in [-0.25, -0.2) is 0 Å². The van der Waals surface area contributed by atoms with Crippen LogP contribution in [-0.2, 0) is 14.2 Å². The number of rotatable bonds is 12. The van der Waals surface area contributed by atoms with Crippen molar-refractivity contribution >= 4 is 17.2 Å². The average molecular weight is 264 g/mol. The number of hydrogen-bond donors (Lipinski definition) is 1. The molecule has 0 aromatic heterocycles. The molecule has 0 heterocycles. The Morgan fingerprint density at radius 1 is 1.12 bits per heavy atom. The first-order valence-corrected chi connectivity index (χ1v) is 6.26. The van der Waals surface area contributed by atoms with Crippen molar-refractivity contribution in [1.82, 2.24) is 4.90 Å². The minimum absolute atomic E-state index is 0.523. The van der Waals surface area contributed by atoms with Gasteiger partial charge < -0.3 is 19.9 Å². The van der Waals surface area contributed by atoms with Gasteiger partial charge in [-0.3, -0.25) is 4.90 Å². The third-order valence-electron chi connectivity index (χ3n) is 2.18. The Kier molecular flexibility index (Phi) is 12.0. The highest BCUT2D eigenvalue weighted by molar-refractivity contribution is 7.80. The molecule has 6 heteroatoms. The first-order valence-electron chi connectivity index (χ1n) is 5.85. The van der Waals surface area contributed by atoms with Crippen molar-refractivity contribution in [2.45, 2.75) is 6.92 Å². The molecule has 0 fully saturated rings. The van der Waals surface area contributed by atoms with E-state index in [2.05, 4.69) is 11.8 Å². The zero-order valence-electron chi connectivity index (χ0n) is 10.8. The Balaban J connectivity index is 3.28. The van der Waals surface area contributed by atoms with E-state index in [1.54, 1.807) is 7.11 Å². The zero-order chi connectivity index (χ0) is 12.9. The van der Waals surface area contributed by atoms with Crippen molar-refractivity contribution < 1.29 is 14.2 Å². The third kappa shape index (κ3) is 12.0. The van der Waals surface area contributed by atoms with E-state index in [0.29, 0.717) is 44.6 Å². The fraction of sp³-hybridized carbons (Fsp3) is 0.909. The minimum atomic E-state index is 0.523. The van der Waals surface area contributed by atoms with Crippen LogP contribution in [0, 0.1) is 0 Å². The molecular formula is C11H24N2O3S. The van der Waals surface area contributed by atoms with Crippen LogP contribution in [0.5, 0.6) is 0 Å². The van der Waals surface area contributed by atoms with Gasteiger partial charge in [-0.1, -0.05) is 19.1 Å². The van der Waals surface area contributed by atoms with Crippen LogP contribution in [0.4, 0.5) is 0 Å². The second-order valence-electron chi connectivity index (χ2n) is 3.55. The predicted molar refractivity (Wildman–Crippen MR) is 72.4 cm³/mol. The van der Waals surface area contributed by atoms with E-state index >= 15 is 0 Å². The summed E-state index contributed by atoms with van der Waals surface area (Å²) in [5.74, 6) is 0. The van der Waals surface area contributed by atoms with E-state index < -0.39 is 0 Å². The van der Waals surface area contributed by atoms with Gasteiger partial charge in [0.1, 0.15) is 0 Å². The first kappa shape index (κ1) is 16.7. The fourth-order valence-corrected chi connectivity index (χ4v) is 1.41. The molecule has 0 bridgehead atoms. The summed E-state index contributed by atoms with van der Waals surface area (Å²) in [6.07, 6.45) is 0. The third-order valence-corrected chi connectivity index (χ3v) is 2.31. The van der Waals surface area contributed by atoms with E-state index in [4.69, 9.17) is 32.2 Å². The second kappa shape index (κ2) is 12.2. The number of nitrogens with zero attached hydrogens (tertiary/aromatic N) is 1. The van der Waals surface area contributed by atoms with E-state index in [-0.39, 0.29) is 0 Å². The highest BCUT2D eigenvalue weighted by Crippen LogP contribution is 1.88. The maximum absolute atomic E-state index is 5.48. The molecule has 0 radical (unpaired) electrons. The highest BCUT2D eigenvalue weighted by atomic mass is 32.1. The average Bonchev–Trinajstić information content (AvgIpc) is 2.30. The van der Waals surface area contributed by atoms with Crippen LogP contribution in [0.25, 0.3) is 0 Å². The lowest BCUT2D eigenvalue weighted by molar-refractivity contribution is 0.0206. The monoisotopic (exact) mass is 264 g/mol. The van der Waals surface area contributed by atoms with Crippen LogP contribution in [0.3, 0.4) is 0 Å². The molecular weight excluding hydrogens is 240 g/mol. The second-order valence-corrected chi connectivity index (χ2v) is 4.08. The minimum Gasteiger partial charge on any atom is -0.392 e. The molecule has 0 aliphatic rings. The maximum Gasteiger partial charge on any atom is 0.0870 e. The van der Waals surface area contributed by atoms with E-state index in [1.165, 1.54) is 0 Å². The standard InChI is InChI=1S/C11H24N2O3S/c1-3-13(10-11(12)17)4-5-15-8-9-16-7-6-14-2/h3-10H2,1-2H3,(H2,12,17). The van der Waals surface area contributed by atoms with Crippen molar-refractivity contribution in [3.63, 3.8) is 0 Å². The Bertz CT molecular complexity index is 194. The number of methoxy groups -OCH3 is 1. The number of nitrogens with two attached hydrogens (primary N) is 1. The molecule has 0 amide bonds. The molecule has 0 aromatic rings. The predicted octanol–water partition coefficient (Wildman–Crippen LogP) is 0.274. The number of thiocarbonyl (C=S) groups is 1. The summed E-state index contributed by atoms with van der Waals surface area (Å²) >= 11 is 4.86. The van der Waals surface area contributed by atoms with Gasteiger partial charge in [0.25, 0.3) is 0 Å². The first-order chi connectivity index (χ1) is 8.20. The van der Waals surface area contributed by atoms with Crippen LogP contribution in [-0.4, -0.2) is 69.7 Å². The lowest BCUT2D eigenvalue weighted by Gasteiger charge is -2.19. The van der Waals surface area contributed by atoms with Gasteiger partial charge in [0.05, 0.1) is 38.0 Å². The lowest BCUT2D eigenvalue weighted by atomic mass is 10.4. The van der Waals surface area contributed by atoms with Crippen molar-refractivity contribution in [3.05, 3.63) is 0 Å². The van der Waals surface area contributed by atoms with Crippen molar-refractivity contribution in [1.29, 1.82) is 0 Å². The van der Waals surface area contributed by atoms with Gasteiger partial charge in [0, 0.05) is 20.2 Å². The van der Waals surface area contributed by atoms with Gasteiger partial charge in [-0.15, -0.1) is 0 Å². The van der Waals surface area contributed by atoms with Crippen molar-refractivity contribution in [3.8, 4) is 0 Å². The normalized spacial score (nSPS) is 11.0. The summed E-state index contributed by atoms with van der Waals surface area (Å²) in [6.45, 7) is 7.60. The van der Waals surface area contributed by atoms with Crippen LogP contribution in [0.15, 0.2) is 0 Å². The molecule has 17 heavy (non-hydrogen) atoms. The summed E-state index contributed by atoms with van der Waals surface area (Å²) in [6, 6.07) is 0. The molecule has 5 nitrogen and oxygen atoms in total. The molecule has 0 aliphatic carbocycles. The number of likely N-dealkylation sites (N-methyl/N-ethyl adjacent to an activating group) is 1. The molecule has 0 aliphatic heterocycles. The SMILES string of the molecule is CCN(CCOCCOCCOC)CC(N)=S. The van der Waals surface area contributed by atoms with E-state index in [9.17, 15) is 0 Å². The largest absolute Gasteiger partial charge is 0.392 e. The molecule has 0 aromatic carbocycles. The van der Waals surface area contributed by atoms with Crippen LogP contribution >= 0.6 is 12.2 Å². The molecule has 0 spiro atoms. The smallest absolute Gasteiger partial charge is 0.0870 e. The fourth-order valence-electron chi connectivity index (χ4n) is 1.23. The molecule has 0 saturated carbocycles. The Morgan fingerprint density at radius 2 is 1.71 bits per heavy atom. The van der Waals surface area contributed by atoms with E-state index in [1.807, 2.05) is 0 Å². The molecule has 0 saturated heterocycles. The van der Waals surface area contributed by atoms with Gasteiger partial charge in [0.2, 0.25) is 0 Å². The number of ether oxygens (including phenoxy) is 3. The summed E-state index contributed by atoms with van der Waals surface area (Å²) in [5, 5.41) is 0. The summed E-state index contributed by atoms with van der Waals surface area (Å²) in [7, 11) is 1.65. The Morgan fingerprint density at radius 3 is 2.24 bits per heavy atom. The van der Waals surface area contributed by atoms with Crippen molar-refractivity contribution in [2.75, 3.05) is 59.8 Å². The molecule has 0 rings (SSSR count). The van der Waals surface area contributed by atoms with Gasteiger partial charge in [0.15, 0.2) is 0 Å². The lowest BCUT2D eigenvalue weighted by Crippen LogP contribution is -2.35. The number of hydrogen-bond acceptors (Lipinski definition) is 5. The molecule has 0 atom stereocenters. The summed E-state index contributed by atoms with van der Waals surface area (Å²) in [4.78, 5) is 2.67. The van der Waals surface area contributed by atoms with Crippen molar-refractivity contribution in [2.24, 2.45) is 5.73 Å². The van der Waals surface area contributed by atoms with Crippen LogP contribution < -0.4 is 5.73 Å². The molecule has 2 N–H and O–H groups in total. The Hall–Kier alpha value is -0.270. The summed E-state index contributed by atoms with van der Waals surface area (Å²) < 4.78 is 15.6. The van der Waals surface area contributed by atoms with Gasteiger partial charge in [-0.2, -0.15) is 0 Å². The van der Waals surface area contributed by atoms with Gasteiger partial charge in [-0.05, 0) is 6.54 Å². The molecule has 102 valence electrons. The topological polar surface area (TPSA) is 57.0 Å². The Labute approximate surface area is 109 Å². The summed E-state index contributed by atoms with van der Waals surface area (Å²) in [5.41, 5.74) is 5.48. The highest BCUT2D eigenvalue weighted by Gasteiger charge is 2.02. The van der Waals surface area contributed by atoms with Crippen LogP contribution in [0.2, 0.25) is 0 Å². The quantitative estimate of drug-likeness (QED) is 0.403. The maximum atomic E-state index is 5.48. The zero-order valence-corrected chi connectivity index (χ0v) is 11.6. The van der Waals surface area contributed by atoms with E-state index in [0.717, 1.165) is 13.1 Å². The van der Waals surface area contributed by atoms with Crippen LogP contribution in [0.1, 0.15) is 6.92 Å². The van der Waals surface area contributed by atoms with Gasteiger partial charge >= 0.3 is 0 Å². The molecule has 0 unspecified atom stereocenters.